The van der Waals surface area contributed by atoms with Crippen LogP contribution < -0.4 is 73.5 Å². The smallest absolute Gasteiger partial charge is 0.262 e. The number of hydrogen-bond acceptors (Lipinski definition) is 19. The molecule has 22 rings (SSSR count). The number of benzene rings is 6. The number of aromatic amines is 6. The lowest BCUT2D eigenvalue weighted by atomic mass is 9.68. The van der Waals surface area contributed by atoms with Crippen LogP contribution in [0, 0.1) is 47.0 Å². The first-order chi connectivity index (χ1) is 64.8. The van der Waals surface area contributed by atoms with Crippen LogP contribution in [-0.4, -0.2) is 148 Å². The van der Waals surface area contributed by atoms with E-state index < -0.39 is 0 Å². The number of nitrogens with zero attached hydrogens (tertiary/aromatic N) is 16. The van der Waals surface area contributed by atoms with Crippen LogP contribution in [-0.2, 0) is 37.3 Å². The maximum atomic E-state index is 13.0. The zero-order valence-electron chi connectivity index (χ0n) is 76.5. The Morgan fingerprint density at radius 3 is 1.25 bits per heavy atom. The first-order valence-corrected chi connectivity index (χ1v) is 45.4. The molecule has 0 saturated heterocycles. The molecule has 2 fully saturated rings. The minimum absolute atomic E-state index is 0.00611. The number of nitrogens with two attached hydrogens (primary N) is 7. The molecular weight excluding hydrogens is 1690 g/mol. The highest BCUT2D eigenvalue weighted by Crippen LogP contribution is 2.48. The predicted molar refractivity (Wildman–Crippen MR) is 534 cm³/mol. The molecule has 20 N–H and O–H groups in total. The van der Waals surface area contributed by atoms with Crippen molar-refractivity contribution in [3.63, 3.8) is 0 Å². The summed E-state index contributed by atoms with van der Waals surface area (Å²) in [5, 5.41) is 53.5. The summed E-state index contributed by atoms with van der Waals surface area (Å²) in [5.41, 5.74) is 55.8. The van der Waals surface area contributed by atoms with E-state index in [1.54, 1.807) is 21.7 Å². The van der Waals surface area contributed by atoms with Gasteiger partial charge in [0.05, 0.1) is 71.7 Å². The molecule has 2 aliphatic carbocycles. The Hall–Kier alpha value is -15.0. The highest BCUT2D eigenvalue weighted by Gasteiger charge is 2.46. The van der Waals surface area contributed by atoms with Crippen molar-refractivity contribution in [3.8, 4) is 11.4 Å². The number of rotatable bonds is 21. The lowest BCUT2D eigenvalue weighted by molar-refractivity contribution is 0.118. The molecule has 2 saturated carbocycles. The van der Waals surface area contributed by atoms with E-state index in [0.717, 1.165) is 190 Å². The fourth-order valence-electron chi connectivity index (χ4n) is 19.2. The third-order valence-electron chi connectivity index (χ3n) is 26.4. The molecule has 0 amide bonds. The molecule has 20 aromatic rings. The van der Waals surface area contributed by atoms with Gasteiger partial charge in [-0.15, -0.1) is 0 Å². The monoisotopic (exact) mass is 1800 g/mol. The second-order valence-corrected chi connectivity index (χ2v) is 35.6. The second-order valence-electron chi connectivity index (χ2n) is 35.6. The fourth-order valence-corrected chi connectivity index (χ4v) is 19.2. The van der Waals surface area contributed by atoms with Crippen LogP contribution in [0.1, 0.15) is 112 Å². The summed E-state index contributed by atoms with van der Waals surface area (Å²) in [7, 11) is 0. The number of pyridine rings is 6. The summed E-state index contributed by atoms with van der Waals surface area (Å²) in [5.74, 6) is 0.0679. The van der Waals surface area contributed by atoms with Gasteiger partial charge in [-0.3, -0.25) is 64.4 Å². The van der Waals surface area contributed by atoms with E-state index in [-0.39, 0.29) is 55.8 Å². The SMILES string of the molecule is Cc1[nH]nc2c1c(=O)n(C(C)(C)CCN)c1ccccc21.Cc1[nH]nc2c1c(=O)n(C1(CCN)CC1)c1ccccc21.Cc1[nH]nc2c1c(=O)n(CC1(CN)CCC1)c1ccccc21.Cc1[nH]nc2c1c(=O)n(CCCN)c1cc(-n3ccnc3)ccc21.Cc1[nH]nc2c1c(=O)n(CCCN)c1ccc(-n3cccc3)cc21.Cc1[nH]nc2c1c(=O)n(CCCN=C(N)N)c1ccccc21. The molecule has 14 heterocycles. The zero-order chi connectivity index (χ0) is 94.2. The molecular formula is C99H113N29O6. The predicted octanol–water partition coefficient (Wildman–Crippen LogP) is 11.5. The van der Waals surface area contributed by atoms with Crippen LogP contribution in [0.5, 0.6) is 0 Å². The van der Waals surface area contributed by atoms with Gasteiger partial charge in [0.1, 0.15) is 33.1 Å². The van der Waals surface area contributed by atoms with Crippen molar-refractivity contribution in [2.24, 2.45) is 50.5 Å². The summed E-state index contributed by atoms with van der Waals surface area (Å²) in [6.07, 6.45) is 18.6. The van der Waals surface area contributed by atoms with Crippen molar-refractivity contribution < 1.29 is 0 Å². The third-order valence-corrected chi connectivity index (χ3v) is 26.4. The highest BCUT2D eigenvalue weighted by molar-refractivity contribution is 6.09. The van der Waals surface area contributed by atoms with E-state index in [4.69, 9.17) is 40.1 Å². The molecule has 690 valence electrons. The number of aryl methyl sites for hydroxylation is 9. The summed E-state index contributed by atoms with van der Waals surface area (Å²) >= 11 is 0. The van der Waals surface area contributed by atoms with Crippen molar-refractivity contribution in [3.05, 3.63) is 273 Å². The number of H-pyrrole nitrogens is 6. The molecule has 134 heavy (non-hydrogen) atoms. The number of nitrogens with one attached hydrogen (secondary N) is 6. The van der Waals surface area contributed by atoms with Crippen LogP contribution in [0.4, 0.5) is 0 Å². The van der Waals surface area contributed by atoms with Crippen molar-refractivity contribution in [1.82, 2.24) is 103 Å². The van der Waals surface area contributed by atoms with Gasteiger partial charge in [0.2, 0.25) is 0 Å². The number of para-hydroxylation sites is 4. The Morgan fingerprint density at radius 2 is 0.806 bits per heavy atom. The number of aromatic nitrogens is 21. The van der Waals surface area contributed by atoms with Crippen LogP contribution in [0.2, 0.25) is 0 Å². The van der Waals surface area contributed by atoms with E-state index in [2.05, 4.69) is 91.1 Å². The normalized spacial score (nSPS) is 13.3. The topological polar surface area (TPSA) is 521 Å². The average Bonchev–Trinajstić information content (AvgIpc) is 1.55. The molecule has 0 aliphatic heterocycles. The lowest BCUT2D eigenvalue weighted by Gasteiger charge is -2.41. The van der Waals surface area contributed by atoms with E-state index in [0.29, 0.717) is 110 Å². The summed E-state index contributed by atoms with van der Waals surface area (Å²) in [6.45, 7) is 21.2. The van der Waals surface area contributed by atoms with E-state index >= 15 is 0 Å². The quantitative estimate of drug-likeness (QED) is 0.0180. The minimum atomic E-state index is -0.344. The van der Waals surface area contributed by atoms with E-state index in [1.807, 2.05) is 227 Å². The number of hydrogen-bond donors (Lipinski definition) is 13. The van der Waals surface area contributed by atoms with Crippen LogP contribution in [0.15, 0.2) is 210 Å². The first kappa shape index (κ1) is 90.9. The van der Waals surface area contributed by atoms with Gasteiger partial charge in [0.25, 0.3) is 33.4 Å². The molecule has 0 spiro atoms. The van der Waals surface area contributed by atoms with Crippen molar-refractivity contribution in [2.75, 3.05) is 39.3 Å². The summed E-state index contributed by atoms with van der Waals surface area (Å²) < 4.78 is 15.1. The van der Waals surface area contributed by atoms with Gasteiger partial charge in [0, 0.05) is 152 Å². The van der Waals surface area contributed by atoms with E-state index in [1.165, 1.54) is 6.42 Å². The summed E-state index contributed by atoms with van der Waals surface area (Å²) in [4.78, 5) is 85.8. The number of aliphatic imine (C=N–C) groups is 1. The van der Waals surface area contributed by atoms with Crippen LogP contribution in [0.25, 0.3) is 142 Å². The molecule has 35 heteroatoms. The third kappa shape index (κ3) is 16.7. The van der Waals surface area contributed by atoms with Gasteiger partial charge in [-0.25, -0.2) is 4.98 Å². The first-order valence-electron chi connectivity index (χ1n) is 45.4. The zero-order valence-corrected chi connectivity index (χ0v) is 76.5. The maximum Gasteiger partial charge on any atom is 0.262 e. The molecule has 0 bridgehead atoms. The molecule has 2 aliphatic rings. The van der Waals surface area contributed by atoms with Gasteiger partial charge in [-0.05, 0) is 219 Å². The summed E-state index contributed by atoms with van der Waals surface area (Å²) in [6, 6.07) is 47.7. The van der Waals surface area contributed by atoms with E-state index in [9.17, 15) is 28.8 Å². The Bertz CT molecular complexity index is 8090. The fraction of sp³-hybridized carbons (Fsp3) is 0.313. The van der Waals surface area contributed by atoms with Crippen LogP contribution >= 0.6 is 0 Å². The molecule has 14 aromatic heterocycles. The van der Waals surface area contributed by atoms with Crippen molar-refractivity contribution in [2.45, 2.75) is 157 Å². The minimum Gasteiger partial charge on any atom is -0.370 e. The van der Waals surface area contributed by atoms with Gasteiger partial charge in [-0.2, -0.15) is 30.6 Å². The number of imidazole rings is 1. The van der Waals surface area contributed by atoms with Gasteiger partial charge >= 0.3 is 0 Å². The largest absolute Gasteiger partial charge is 0.370 e. The van der Waals surface area contributed by atoms with Gasteiger partial charge in [-0.1, -0.05) is 79.2 Å². The van der Waals surface area contributed by atoms with Gasteiger partial charge in [0.15, 0.2) is 5.96 Å². The molecule has 0 unspecified atom stereocenters. The molecule has 0 radical (unpaired) electrons. The maximum absolute atomic E-state index is 13.0. The average molecular weight is 1810 g/mol. The van der Waals surface area contributed by atoms with Crippen molar-refractivity contribution in [1.29, 1.82) is 0 Å². The Morgan fingerprint density at radius 1 is 0.403 bits per heavy atom. The Balaban J connectivity index is 0.000000112. The van der Waals surface area contributed by atoms with Crippen molar-refractivity contribution >= 4 is 137 Å². The highest BCUT2D eigenvalue weighted by atomic mass is 16.2. The van der Waals surface area contributed by atoms with Crippen LogP contribution in [0.3, 0.4) is 0 Å². The van der Waals surface area contributed by atoms with Gasteiger partial charge < -0.3 is 76.7 Å². The standard InChI is InChI=1S/C18H19N5O.C17H18N6O.C17H20N4O.C16H18N4O.C16H20N4O.C15H18N6O/c1-12-16-17(21-20-12)14-11-13(22-8-2-3-9-22)5-6-15(14)23(18(16)24)10-4-7-19;1-11-15-16(21-20-11)13-4-3-12(22-8-6-19-10-22)9-14(13)23(17(15)24)7-2-5-18;1-11-14-15(20-19-11)12-5-2-3-6-13(12)21(16(14)22)10-17(9-18)7-4-8-17;1-10-13-14(19-18-10)11-4-2-3-5-12(11)20(15(13)21)16(6-7-16)8-9-17;1-10-13-14(19-18-10)11-6-4-5-7-12(11)20(15(13)21)16(2,3)8-9-17;1-9-12-13(20-19-9)10-5-2-3-6-11(10)21(14(12)22)8-4-7-18-15(16)17/h2-3,5-6,8-9,11H,4,7,10,19H2,1H3,(H,20,21);3-4,6,8-10H,2,5,7,18H2,1H3,(H,20,21);2-3,5-6H,4,7-10,18H2,1H3,(H,19,20);2-5H,6-9,17H2,1H3,(H,18,19);4-7H,8-9,17H2,1-3H3,(H,18,19);2-3,5-6H,4,7-8H2,1H3,(H,19,20)(H4,16,17,18). The molecule has 35 nitrogen and oxygen atoms in total. The second kappa shape index (κ2) is 37.7. The Kier molecular flexibility index (Phi) is 25.6. The number of fused-ring (bicyclic) bond motifs is 18. The lowest BCUT2D eigenvalue weighted by Crippen LogP contribution is -2.43. The Labute approximate surface area is 766 Å². The molecule has 6 aromatic carbocycles. The molecule has 0 atom stereocenters. The number of guanidine groups is 1.